The zero-order valence-corrected chi connectivity index (χ0v) is 11.2. The first-order valence-corrected chi connectivity index (χ1v) is 6.08. The number of rotatable bonds is 3. The summed E-state index contributed by atoms with van der Waals surface area (Å²) < 4.78 is 39.9. The number of hydrogen-bond donors (Lipinski definition) is 1. The number of nitriles is 1. The number of benzene rings is 2. The molecule has 0 saturated carbocycles. The first-order chi connectivity index (χ1) is 9.87. The molecule has 0 amide bonds. The standard InChI is InChI=1S/C14H8ClF3N2O/c15-12-7-9(8-19)1-6-13(12)20-10-2-4-11(5-3-10)21-14(16,17)18/h1-7,20H. The minimum absolute atomic E-state index is 0.307. The Bertz CT molecular complexity index is 678. The second-order valence-corrected chi connectivity index (χ2v) is 4.41. The van der Waals surface area contributed by atoms with Gasteiger partial charge < -0.3 is 10.1 Å². The number of nitrogens with zero attached hydrogens (tertiary/aromatic N) is 1. The highest BCUT2D eigenvalue weighted by Crippen LogP contribution is 2.28. The van der Waals surface area contributed by atoms with Crippen molar-refractivity contribution in [3.8, 4) is 11.8 Å². The van der Waals surface area contributed by atoms with Gasteiger partial charge in [-0.05, 0) is 42.5 Å². The fraction of sp³-hybridized carbons (Fsp3) is 0.0714. The first-order valence-electron chi connectivity index (χ1n) is 5.70. The van der Waals surface area contributed by atoms with Crippen molar-refractivity contribution >= 4 is 23.0 Å². The van der Waals surface area contributed by atoms with Crippen LogP contribution in [0.25, 0.3) is 0 Å². The average Bonchev–Trinajstić information content (AvgIpc) is 2.41. The highest BCUT2D eigenvalue weighted by molar-refractivity contribution is 6.33. The maximum absolute atomic E-state index is 12.0. The molecule has 0 bridgehead atoms. The molecule has 0 saturated heterocycles. The molecule has 2 rings (SSSR count). The molecule has 2 aromatic carbocycles. The molecule has 0 fully saturated rings. The van der Waals surface area contributed by atoms with E-state index in [4.69, 9.17) is 16.9 Å². The van der Waals surface area contributed by atoms with Crippen LogP contribution in [0.5, 0.6) is 5.75 Å². The van der Waals surface area contributed by atoms with Crippen LogP contribution in [-0.4, -0.2) is 6.36 Å². The van der Waals surface area contributed by atoms with Crippen molar-refractivity contribution < 1.29 is 17.9 Å². The highest BCUT2D eigenvalue weighted by atomic mass is 35.5. The number of hydrogen-bond acceptors (Lipinski definition) is 3. The Balaban J connectivity index is 2.12. The number of ether oxygens (including phenoxy) is 1. The highest BCUT2D eigenvalue weighted by Gasteiger charge is 2.30. The maximum Gasteiger partial charge on any atom is 0.573 e. The molecular formula is C14H8ClF3N2O. The zero-order chi connectivity index (χ0) is 15.5. The van der Waals surface area contributed by atoms with Gasteiger partial charge in [0.15, 0.2) is 0 Å². The summed E-state index contributed by atoms with van der Waals surface area (Å²) in [5.74, 6) is -0.307. The van der Waals surface area contributed by atoms with Crippen molar-refractivity contribution in [1.82, 2.24) is 0 Å². The van der Waals surface area contributed by atoms with Crippen LogP contribution in [0.1, 0.15) is 5.56 Å². The van der Waals surface area contributed by atoms with Crippen LogP contribution in [0.2, 0.25) is 5.02 Å². The van der Waals surface area contributed by atoms with E-state index in [-0.39, 0.29) is 5.75 Å². The molecule has 0 aliphatic heterocycles. The molecule has 0 aromatic heterocycles. The normalized spacial score (nSPS) is 10.8. The van der Waals surface area contributed by atoms with Crippen molar-refractivity contribution in [3.63, 3.8) is 0 Å². The Labute approximate surface area is 123 Å². The molecule has 0 aliphatic carbocycles. The van der Waals surface area contributed by atoms with Gasteiger partial charge >= 0.3 is 6.36 Å². The largest absolute Gasteiger partial charge is 0.573 e. The number of alkyl halides is 3. The molecule has 0 heterocycles. The minimum atomic E-state index is -4.72. The molecule has 3 nitrogen and oxygen atoms in total. The molecule has 0 unspecified atom stereocenters. The Kier molecular flexibility index (Phi) is 4.24. The smallest absolute Gasteiger partial charge is 0.406 e. The van der Waals surface area contributed by atoms with Gasteiger partial charge in [-0.1, -0.05) is 11.6 Å². The van der Waals surface area contributed by atoms with Crippen LogP contribution in [0, 0.1) is 11.3 Å². The van der Waals surface area contributed by atoms with Crippen LogP contribution in [-0.2, 0) is 0 Å². The summed E-state index contributed by atoms with van der Waals surface area (Å²) in [4.78, 5) is 0. The maximum atomic E-state index is 12.0. The van der Waals surface area contributed by atoms with Gasteiger partial charge in [0.05, 0.1) is 22.3 Å². The van der Waals surface area contributed by atoms with Crippen molar-refractivity contribution in [2.45, 2.75) is 6.36 Å². The Hall–Kier alpha value is -2.39. The summed E-state index contributed by atoms with van der Waals surface area (Å²) in [6.45, 7) is 0. The Morgan fingerprint density at radius 1 is 1.10 bits per heavy atom. The van der Waals surface area contributed by atoms with E-state index in [0.717, 1.165) is 0 Å². The third-order valence-electron chi connectivity index (χ3n) is 2.47. The van der Waals surface area contributed by atoms with Crippen LogP contribution < -0.4 is 10.1 Å². The van der Waals surface area contributed by atoms with Crippen molar-refractivity contribution in [3.05, 3.63) is 53.1 Å². The fourth-order valence-electron chi connectivity index (χ4n) is 1.58. The summed E-state index contributed by atoms with van der Waals surface area (Å²) in [5.41, 5.74) is 1.50. The van der Waals surface area contributed by atoms with Crippen molar-refractivity contribution in [2.24, 2.45) is 0 Å². The van der Waals surface area contributed by atoms with Gasteiger partial charge in [-0.25, -0.2) is 0 Å². The molecule has 0 aliphatic rings. The molecule has 2 aromatic rings. The first kappa shape index (κ1) is 15.0. The van der Waals surface area contributed by atoms with Gasteiger partial charge in [0.2, 0.25) is 0 Å². The lowest BCUT2D eigenvalue weighted by atomic mass is 10.2. The molecule has 0 atom stereocenters. The Morgan fingerprint density at radius 3 is 2.29 bits per heavy atom. The second kappa shape index (κ2) is 5.94. The van der Waals surface area contributed by atoms with Gasteiger partial charge in [-0.15, -0.1) is 13.2 Å². The number of halogens is 4. The minimum Gasteiger partial charge on any atom is -0.406 e. The fourth-order valence-corrected chi connectivity index (χ4v) is 1.81. The third-order valence-corrected chi connectivity index (χ3v) is 2.78. The van der Waals surface area contributed by atoms with E-state index < -0.39 is 6.36 Å². The Morgan fingerprint density at radius 2 is 1.76 bits per heavy atom. The van der Waals surface area contributed by atoms with E-state index in [1.807, 2.05) is 6.07 Å². The topological polar surface area (TPSA) is 45.0 Å². The van der Waals surface area contributed by atoms with Gasteiger partial charge in [-0.2, -0.15) is 5.26 Å². The van der Waals surface area contributed by atoms with E-state index in [2.05, 4.69) is 10.1 Å². The van der Waals surface area contributed by atoms with E-state index in [0.29, 0.717) is 22.0 Å². The lowest BCUT2D eigenvalue weighted by Gasteiger charge is -2.11. The molecule has 1 N–H and O–H groups in total. The van der Waals surface area contributed by atoms with Gasteiger partial charge in [-0.3, -0.25) is 0 Å². The van der Waals surface area contributed by atoms with Gasteiger partial charge in [0, 0.05) is 5.69 Å². The number of nitrogens with one attached hydrogen (secondary N) is 1. The summed E-state index contributed by atoms with van der Waals surface area (Å²) in [5, 5.41) is 12.0. The predicted octanol–water partition coefficient (Wildman–Crippen LogP) is 4.85. The van der Waals surface area contributed by atoms with Gasteiger partial charge in [0.25, 0.3) is 0 Å². The van der Waals surface area contributed by atoms with E-state index in [1.165, 1.54) is 30.3 Å². The third kappa shape index (κ3) is 4.29. The van der Waals surface area contributed by atoms with Crippen LogP contribution in [0.4, 0.5) is 24.5 Å². The van der Waals surface area contributed by atoms with Gasteiger partial charge in [0.1, 0.15) is 5.75 Å². The van der Waals surface area contributed by atoms with E-state index in [9.17, 15) is 13.2 Å². The van der Waals surface area contributed by atoms with Crippen molar-refractivity contribution in [2.75, 3.05) is 5.32 Å². The predicted molar refractivity (Wildman–Crippen MR) is 72.6 cm³/mol. The van der Waals surface area contributed by atoms with Crippen molar-refractivity contribution in [1.29, 1.82) is 5.26 Å². The van der Waals surface area contributed by atoms with E-state index in [1.54, 1.807) is 12.1 Å². The zero-order valence-electron chi connectivity index (χ0n) is 10.4. The second-order valence-electron chi connectivity index (χ2n) is 4.00. The molecule has 7 heteroatoms. The summed E-state index contributed by atoms with van der Waals surface area (Å²) >= 11 is 5.99. The molecular weight excluding hydrogens is 305 g/mol. The monoisotopic (exact) mass is 312 g/mol. The molecule has 0 spiro atoms. The van der Waals surface area contributed by atoms with Crippen LogP contribution in [0.3, 0.4) is 0 Å². The summed E-state index contributed by atoms with van der Waals surface area (Å²) in [6, 6.07) is 11.9. The summed E-state index contributed by atoms with van der Waals surface area (Å²) in [7, 11) is 0. The molecule has 21 heavy (non-hydrogen) atoms. The quantitative estimate of drug-likeness (QED) is 0.880. The van der Waals surface area contributed by atoms with Crippen LogP contribution in [0.15, 0.2) is 42.5 Å². The summed E-state index contributed by atoms with van der Waals surface area (Å²) in [6.07, 6.45) is -4.72. The lowest BCUT2D eigenvalue weighted by molar-refractivity contribution is -0.274. The SMILES string of the molecule is N#Cc1ccc(Nc2ccc(OC(F)(F)F)cc2)c(Cl)c1. The lowest BCUT2D eigenvalue weighted by Crippen LogP contribution is -2.16. The average molecular weight is 313 g/mol. The number of anilines is 2. The molecule has 108 valence electrons. The molecule has 0 radical (unpaired) electrons. The van der Waals surface area contributed by atoms with E-state index >= 15 is 0 Å². The van der Waals surface area contributed by atoms with Crippen LogP contribution >= 0.6 is 11.6 Å².